The second-order valence-corrected chi connectivity index (χ2v) is 12.0. The molecule has 0 atom stereocenters. The molecule has 0 spiro atoms. The fraction of sp³-hybridized carbons (Fsp3) is 0. The Morgan fingerprint density at radius 3 is 1.83 bits per heavy atom. The monoisotopic (exact) mass is 551 g/mol. The molecule has 7 aromatic carbocycles. The van der Waals surface area contributed by atoms with E-state index in [1.807, 2.05) is 11.8 Å². The van der Waals surface area contributed by atoms with Gasteiger partial charge in [0.2, 0.25) is 0 Å². The van der Waals surface area contributed by atoms with Crippen molar-refractivity contribution in [1.29, 1.82) is 0 Å². The summed E-state index contributed by atoms with van der Waals surface area (Å²) < 4.78 is 2.43. The molecular weight excluding hydrogens is 527 g/mol. The van der Waals surface area contributed by atoms with Crippen molar-refractivity contribution in [2.45, 2.75) is 9.79 Å². The number of hydrogen-bond acceptors (Lipinski definition) is 1. The van der Waals surface area contributed by atoms with Crippen molar-refractivity contribution in [2.75, 3.05) is 0 Å². The highest BCUT2D eigenvalue weighted by atomic mass is 32.2. The molecular formula is C40H25NS. The zero-order valence-corrected chi connectivity index (χ0v) is 23.6. The quantitative estimate of drug-likeness (QED) is 0.211. The van der Waals surface area contributed by atoms with Crippen LogP contribution in [0.15, 0.2) is 161 Å². The fourth-order valence-electron chi connectivity index (χ4n) is 6.85. The number of fused-ring (bicyclic) bond motifs is 5. The van der Waals surface area contributed by atoms with Crippen LogP contribution >= 0.6 is 11.8 Å². The van der Waals surface area contributed by atoms with Crippen molar-refractivity contribution in [1.82, 2.24) is 4.57 Å². The van der Waals surface area contributed by atoms with E-state index in [9.17, 15) is 0 Å². The fourth-order valence-corrected chi connectivity index (χ4v) is 7.98. The van der Waals surface area contributed by atoms with Crippen molar-refractivity contribution in [3.63, 3.8) is 0 Å². The predicted molar refractivity (Wildman–Crippen MR) is 179 cm³/mol. The lowest BCUT2D eigenvalue weighted by Gasteiger charge is -2.22. The van der Waals surface area contributed by atoms with Crippen molar-refractivity contribution in [3.8, 4) is 39.1 Å². The summed E-state index contributed by atoms with van der Waals surface area (Å²) in [6.07, 6.45) is 0. The van der Waals surface area contributed by atoms with E-state index in [1.165, 1.54) is 81.4 Å². The predicted octanol–water partition coefficient (Wildman–Crippen LogP) is 11.4. The molecule has 1 nitrogen and oxygen atoms in total. The largest absolute Gasteiger partial charge is 0.309 e. The third kappa shape index (κ3) is 3.39. The van der Waals surface area contributed by atoms with Gasteiger partial charge in [-0.3, -0.25) is 0 Å². The Kier molecular flexibility index (Phi) is 5.20. The van der Waals surface area contributed by atoms with Crippen molar-refractivity contribution in [3.05, 3.63) is 152 Å². The molecule has 0 saturated carbocycles. The first kappa shape index (κ1) is 23.6. The summed E-state index contributed by atoms with van der Waals surface area (Å²) in [5, 5.41) is 5.19. The average Bonchev–Trinajstić information content (AvgIpc) is 3.40. The van der Waals surface area contributed by atoms with E-state index in [4.69, 9.17) is 0 Å². The van der Waals surface area contributed by atoms with Crippen LogP contribution in [0.4, 0.5) is 0 Å². The van der Waals surface area contributed by atoms with Gasteiger partial charge in [0.05, 0.1) is 11.0 Å². The Balaban J connectivity index is 1.35. The lowest BCUT2D eigenvalue weighted by atomic mass is 9.88. The molecule has 42 heavy (non-hydrogen) atoms. The lowest BCUT2D eigenvalue weighted by Crippen LogP contribution is -1.97. The SMILES string of the molecule is c1ccc(-n2c3ccccc3c3cccc(-c4ccccc4-c4ccc5c6c(cccc46)-c4ccccc4S5)c32)cc1. The van der Waals surface area contributed by atoms with Gasteiger partial charge in [0, 0.05) is 37.2 Å². The van der Waals surface area contributed by atoms with Gasteiger partial charge in [0.1, 0.15) is 0 Å². The molecule has 0 N–H and O–H groups in total. The second kappa shape index (κ2) is 9.24. The summed E-state index contributed by atoms with van der Waals surface area (Å²) >= 11 is 1.88. The summed E-state index contributed by atoms with van der Waals surface area (Å²) in [5.41, 5.74) is 11.3. The van der Waals surface area contributed by atoms with Crippen molar-refractivity contribution >= 4 is 44.3 Å². The van der Waals surface area contributed by atoms with Crippen molar-refractivity contribution in [2.24, 2.45) is 0 Å². The molecule has 0 amide bonds. The maximum Gasteiger partial charge on any atom is 0.0619 e. The Labute approximate surface area is 248 Å². The van der Waals surface area contributed by atoms with E-state index in [0.29, 0.717) is 0 Å². The van der Waals surface area contributed by atoms with Gasteiger partial charge in [-0.15, -0.1) is 0 Å². The minimum Gasteiger partial charge on any atom is -0.309 e. The van der Waals surface area contributed by atoms with E-state index in [2.05, 4.69) is 156 Å². The van der Waals surface area contributed by atoms with Crippen LogP contribution in [0.5, 0.6) is 0 Å². The molecule has 0 fully saturated rings. The first-order valence-electron chi connectivity index (χ1n) is 14.4. The van der Waals surface area contributed by atoms with Gasteiger partial charge < -0.3 is 4.57 Å². The molecule has 2 heterocycles. The average molecular weight is 552 g/mol. The van der Waals surface area contributed by atoms with Gasteiger partial charge in [0.25, 0.3) is 0 Å². The first-order valence-corrected chi connectivity index (χ1v) is 15.2. The van der Waals surface area contributed by atoms with Gasteiger partial charge >= 0.3 is 0 Å². The molecule has 1 aromatic heterocycles. The highest BCUT2D eigenvalue weighted by molar-refractivity contribution is 7.99. The Morgan fingerprint density at radius 1 is 0.357 bits per heavy atom. The Bertz CT molecular complexity index is 2330. The number of hydrogen-bond donors (Lipinski definition) is 0. The zero-order chi connectivity index (χ0) is 27.6. The molecule has 196 valence electrons. The van der Waals surface area contributed by atoms with Gasteiger partial charge in [0.15, 0.2) is 0 Å². The summed E-state index contributed by atoms with van der Waals surface area (Å²) in [5.74, 6) is 0. The van der Waals surface area contributed by atoms with E-state index in [1.54, 1.807) is 0 Å². The number of aromatic nitrogens is 1. The highest BCUT2D eigenvalue weighted by Crippen LogP contribution is 2.50. The van der Waals surface area contributed by atoms with Crippen LogP contribution < -0.4 is 0 Å². The van der Waals surface area contributed by atoms with E-state index >= 15 is 0 Å². The van der Waals surface area contributed by atoms with Crippen LogP contribution in [0.2, 0.25) is 0 Å². The molecule has 0 saturated heterocycles. The normalized spacial score (nSPS) is 12.2. The van der Waals surface area contributed by atoms with Crippen LogP contribution in [-0.4, -0.2) is 4.57 Å². The first-order chi connectivity index (χ1) is 20.9. The Morgan fingerprint density at radius 2 is 0.976 bits per heavy atom. The topological polar surface area (TPSA) is 4.93 Å². The molecule has 2 heteroatoms. The third-order valence-electron chi connectivity index (χ3n) is 8.62. The standard InChI is InChI=1S/C40H25NS/c1-2-12-26(13-3-1)41-36-22-8-6-16-30(36)35-21-11-20-34(40(35)41)28-15-5-4-14-27(28)29-24-25-38-39-32(29)18-10-19-33(39)31-17-7-9-23-37(31)42-38/h1-25H. The molecule has 0 radical (unpaired) electrons. The van der Waals surface area contributed by atoms with Gasteiger partial charge in [-0.25, -0.2) is 0 Å². The maximum absolute atomic E-state index is 2.43. The molecule has 1 aliphatic rings. The van der Waals surface area contributed by atoms with Crippen molar-refractivity contribution < 1.29 is 0 Å². The summed E-state index contributed by atoms with van der Waals surface area (Å²) in [6.45, 7) is 0. The van der Waals surface area contributed by atoms with E-state index < -0.39 is 0 Å². The molecule has 1 aliphatic heterocycles. The number of nitrogens with zero attached hydrogens (tertiary/aromatic N) is 1. The van der Waals surface area contributed by atoms with Gasteiger partial charge in [-0.2, -0.15) is 0 Å². The smallest absolute Gasteiger partial charge is 0.0619 e. The van der Waals surface area contributed by atoms with Crippen LogP contribution in [-0.2, 0) is 0 Å². The summed E-state index contributed by atoms with van der Waals surface area (Å²) in [7, 11) is 0. The third-order valence-corrected chi connectivity index (χ3v) is 9.75. The summed E-state index contributed by atoms with van der Waals surface area (Å²) in [6, 6.07) is 55.4. The molecule has 9 rings (SSSR count). The maximum atomic E-state index is 2.43. The summed E-state index contributed by atoms with van der Waals surface area (Å²) in [4.78, 5) is 2.65. The van der Waals surface area contributed by atoms with Gasteiger partial charge in [-0.05, 0) is 63.5 Å². The van der Waals surface area contributed by atoms with Crippen LogP contribution in [0.3, 0.4) is 0 Å². The zero-order valence-electron chi connectivity index (χ0n) is 22.8. The van der Waals surface area contributed by atoms with E-state index in [-0.39, 0.29) is 0 Å². The lowest BCUT2D eigenvalue weighted by molar-refractivity contribution is 1.18. The highest BCUT2D eigenvalue weighted by Gasteiger charge is 2.22. The van der Waals surface area contributed by atoms with Gasteiger partial charge in [-0.1, -0.05) is 133 Å². The molecule has 0 unspecified atom stereocenters. The number of benzene rings is 7. The minimum absolute atomic E-state index is 1.17. The molecule has 8 aromatic rings. The minimum atomic E-state index is 1.17. The van der Waals surface area contributed by atoms with Crippen LogP contribution in [0.1, 0.15) is 0 Å². The van der Waals surface area contributed by atoms with Crippen LogP contribution in [0.25, 0.3) is 71.6 Å². The number of para-hydroxylation sites is 3. The second-order valence-electron chi connectivity index (χ2n) is 10.9. The molecule has 0 aliphatic carbocycles. The van der Waals surface area contributed by atoms with Crippen LogP contribution in [0, 0.1) is 0 Å². The Hall–Kier alpha value is -5.05. The number of rotatable bonds is 3. The van der Waals surface area contributed by atoms with E-state index in [0.717, 1.165) is 0 Å². The molecule has 0 bridgehead atoms.